The summed E-state index contributed by atoms with van der Waals surface area (Å²) in [5, 5.41) is 6.53. The van der Waals surface area contributed by atoms with Gasteiger partial charge in [0.05, 0.1) is 36.6 Å². The Hall–Kier alpha value is -1.56. The molecular weight excluding hydrogens is 542 g/mol. The molecule has 6 nitrogen and oxygen atoms in total. The van der Waals surface area contributed by atoms with Crippen molar-refractivity contribution in [3.05, 3.63) is 66.0 Å². The number of guanidine groups is 1. The van der Waals surface area contributed by atoms with Crippen LogP contribution < -0.4 is 10.6 Å². The van der Waals surface area contributed by atoms with Crippen molar-refractivity contribution in [3.8, 4) is 0 Å². The quantitative estimate of drug-likeness (QED) is 0.274. The van der Waals surface area contributed by atoms with Gasteiger partial charge in [0.15, 0.2) is 5.96 Å². The summed E-state index contributed by atoms with van der Waals surface area (Å²) >= 11 is 0. The van der Waals surface area contributed by atoms with Crippen molar-refractivity contribution in [1.29, 1.82) is 0 Å². The lowest BCUT2D eigenvalue weighted by molar-refractivity contribution is 0.0179. The summed E-state index contributed by atoms with van der Waals surface area (Å²) in [6.45, 7) is 6.82. The molecule has 1 aliphatic rings. The third-order valence-corrected chi connectivity index (χ3v) is 6.47. The van der Waals surface area contributed by atoms with E-state index in [4.69, 9.17) is 9.73 Å². The number of hydrogen-bond donors (Lipinski definition) is 2. The summed E-state index contributed by atoms with van der Waals surface area (Å²) in [5.41, 5.74) is 1.04. The first-order chi connectivity index (χ1) is 15.2. The van der Waals surface area contributed by atoms with Gasteiger partial charge in [0.2, 0.25) is 0 Å². The van der Waals surface area contributed by atoms with Gasteiger partial charge < -0.3 is 15.4 Å². The monoisotopic (exact) mass is 574 g/mol. The van der Waals surface area contributed by atoms with Crippen molar-refractivity contribution in [2.24, 2.45) is 4.99 Å². The minimum Gasteiger partial charge on any atom is -0.379 e. The third-order valence-electron chi connectivity index (χ3n) is 5.09. The van der Waals surface area contributed by atoms with Gasteiger partial charge in [-0.15, -0.1) is 24.0 Å². The molecule has 3 rings (SSSR count). The summed E-state index contributed by atoms with van der Waals surface area (Å²) in [6.07, 6.45) is 0. The normalized spacial score (nSPS) is 16.6. The highest BCUT2D eigenvalue weighted by Gasteiger charge is 2.22. The Balaban J connectivity index is 0.00000363. The van der Waals surface area contributed by atoms with Gasteiger partial charge in [-0.3, -0.25) is 14.1 Å². The van der Waals surface area contributed by atoms with Crippen LogP contribution in [0.4, 0.5) is 4.39 Å². The lowest BCUT2D eigenvalue weighted by Crippen LogP contribution is -2.42. The zero-order valence-electron chi connectivity index (χ0n) is 18.3. The second kappa shape index (κ2) is 14.6. The van der Waals surface area contributed by atoms with Crippen LogP contribution in [0.1, 0.15) is 18.5 Å². The maximum Gasteiger partial charge on any atom is 0.191 e. The number of nitrogens with zero attached hydrogens (tertiary/aromatic N) is 2. The molecule has 1 saturated heterocycles. The Kier molecular flexibility index (Phi) is 12.1. The average molecular weight is 575 g/mol. The molecule has 32 heavy (non-hydrogen) atoms. The van der Waals surface area contributed by atoms with Crippen LogP contribution in [0, 0.1) is 5.82 Å². The van der Waals surface area contributed by atoms with Gasteiger partial charge in [0.25, 0.3) is 0 Å². The van der Waals surface area contributed by atoms with E-state index in [9.17, 15) is 8.60 Å². The molecule has 0 bridgehead atoms. The molecule has 2 aromatic carbocycles. The number of hydrogen-bond acceptors (Lipinski definition) is 4. The predicted octanol–water partition coefficient (Wildman–Crippen LogP) is 3.18. The topological polar surface area (TPSA) is 66.0 Å². The number of morpholine rings is 1. The molecule has 1 fully saturated rings. The minimum absolute atomic E-state index is 0. The van der Waals surface area contributed by atoms with Crippen LogP contribution in [0.5, 0.6) is 0 Å². The van der Waals surface area contributed by atoms with E-state index in [1.165, 1.54) is 12.1 Å². The molecule has 2 atom stereocenters. The lowest BCUT2D eigenvalue weighted by atomic mass is 10.0. The fraction of sp³-hybridized carbons (Fsp3) is 0.435. The molecule has 0 spiro atoms. The number of nitrogens with one attached hydrogen (secondary N) is 2. The van der Waals surface area contributed by atoms with Gasteiger partial charge in [0, 0.05) is 36.8 Å². The lowest BCUT2D eigenvalue weighted by Gasteiger charge is -2.34. The first kappa shape index (κ1) is 26.7. The molecule has 176 valence electrons. The van der Waals surface area contributed by atoms with Gasteiger partial charge in [0.1, 0.15) is 5.82 Å². The van der Waals surface area contributed by atoms with Crippen LogP contribution in [0.3, 0.4) is 0 Å². The van der Waals surface area contributed by atoms with E-state index in [0.29, 0.717) is 38.0 Å². The molecule has 1 aliphatic heterocycles. The molecule has 0 aromatic heterocycles. The molecular formula is C23H32FIN4O2S. The molecule has 0 aliphatic carbocycles. The van der Waals surface area contributed by atoms with Crippen LogP contribution in [-0.2, 0) is 15.5 Å². The average Bonchev–Trinajstić information content (AvgIpc) is 2.81. The fourth-order valence-corrected chi connectivity index (χ4v) is 4.46. The van der Waals surface area contributed by atoms with E-state index in [2.05, 4.69) is 15.5 Å². The van der Waals surface area contributed by atoms with Gasteiger partial charge in [-0.1, -0.05) is 30.3 Å². The SMILES string of the molecule is CCNC(=NCC(c1ccc(F)cc1)N1CCOCC1)NCCS(=O)c1ccccc1.I. The summed E-state index contributed by atoms with van der Waals surface area (Å²) in [5.74, 6) is 0.946. The zero-order chi connectivity index (χ0) is 21.9. The Morgan fingerprint density at radius 1 is 1.12 bits per heavy atom. The first-order valence-electron chi connectivity index (χ1n) is 10.7. The van der Waals surface area contributed by atoms with E-state index >= 15 is 0 Å². The largest absolute Gasteiger partial charge is 0.379 e. The summed E-state index contributed by atoms with van der Waals surface area (Å²) in [7, 11) is -1.06. The van der Waals surface area contributed by atoms with Crippen molar-refractivity contribution in [3.63, 3.8) is 0 Å². The van der Waals surface area contributed by atoms with E-state index in [1.807, 2.05) is 49.4 Å². The second-order valence-electron chi connectivity index (χ2n) is 7.22. The van der Waals surface area contributed by atoms with Crippen molar-refractivity contribution >= 4 is 40.7 Å². The first-order valence-corrected chi connectivity index (χ1v) is 12.0. The molecule has 0 amide bonds. The third kappa shape index (κ3) is 8.42. The fourth-order valence-electron chi connectivity index (χ4n) is 3.48. The minimum atomic E-state index is -1.06. The van der Waals surface area contributed by atoms with Crippen LogP contribution in [0.2, 0.25) is 0 Å². The van der Waals surface area contributed by atoms with E-state index in [-0.39, 0.29) is 35.8 Å². The highest BCUT2D eigenvalue weighted by Crippen LogP contribution is 2.22. The summed E-state index contributed by atoms with van der Waals surface area (Å²) < 4.78 is 31.3. The highest BCUT2D eigenvalue weighted by molar-refractivity contribution is 14.0. The van der Waals surface area contributed by atoms with Crippen molar-refractivity contribution in [2.45, 2.75) is 17.9 Å². The molecule has 2 unspecified atom stereocenters. The maximum absolute atomic E-state index is 13.4. The van der Waals surface area contributed by atoms with E-state index in [1.54, 1.807) is 0 Å². The van der Waals surface area contributed by atoms with Crippen molar-refractivity contribution in [1.82, 2.24) is 15.5 Å². The Morgan fingerprint density at radius 2 is 1.81 bits per heavy atom. The summed E-state index contributed by atoms with van der Waals surface area (Å²) in [6, 6.07) is 16.2. The second-order valence-corrected chi connectivity index (χ2v) is 8.80. The Morgan fingerprint density at radius 3 is 2.47 bits per heavy atom. The van der Waals surface area contributed by atoms with E-state index < -0.39 is 10.8 Å². The molecule has 9 heteroatoms. The van der Waals surface area contributed by atoms with Crippen LogP contribution in [-0.4, -0.2) is 66.8 Å². The van der Waals surface area contributed by atoms with Crippen LogP contribution >= 0.6 is 24.0 Å². The van der Waals surface area contributed by atoms with E-state index in [0.717, 1.165) is 30.1 Å². The van der Waals surface area contributed by atoms with Gasteiger partial charge in [-0.25, -0.2) is 4.39 Å². The number of benzene rings is 2. The number of ether oxygens (including phenoxy) is 1. The van der Waals surface area contributed by atoms with Crippen LogP contribution in [0.25, 0.3) is 0 Å². The number of halogens is 2. The van der Waals surface area contributed by atoms with Gasteiger partial charge in [-0.2, -0.15) is 0 Å². The molecule has 2 aromatic rings. The number of rotatable bonds is 9. The Labute approximate surface area is 209 Å². The highest BCUT2D eigenvalue weighted by atomic mass is 127. The predicted molar refractivity (Wildman–Crippen MR) is 139 cm³/mol. The number of aliphatic imine (C=N–C) groups is 1. The molecule has 1 heterocycles. The summed E-state index contributed by atoms with van der Waals surface area (Å²) in [4.78, 5) is 7.93. The molecule has 0 saturated carbocycles. The maximum atomic E-state index is 13.4. The van der Waals surface area contributed by atoms with Crippen molar-refractivity contribution in [2.75, 3.05) is 51.7 Å². The van der Waals surface area contributed by atoms with Crippen molar-refractivity contribution < 1.29 is 13.3 Å². The molecule has 0 radical (unpaired) electrons. The zero-order valence-corrected chi connectivity index (χ0v) is 21.5. The van der Waals surface area contributed by atoms with Gasteiger partial charge >= 0.3 is 0 Å². The van der Waals surface area contributed by atoms with Gasteiger partial charge in [-0.05, 0) is 36.8 Å². The Bertz CT molecular complexity index is 849. The smallest absolute Gasteiger partial charge is 0.191 e. The molecule has 2 N–H and O–H groups in total. The standard InChI is InChI=1S/C23H31FN4O2S.HI/c1-2-25-23(26-12-17-31(29)21-6-4-3-5-7-21)27-18-22(28-13-15-30-16-14-28)19-8-10-20(24)11-9-19;/h3-11,22H,2,12-18H2,1H3,(H2,25,26,27);1H. The van der Waals surface area contributed by atoms with Crippen LogP contribution in [0.15, 0.2) is 64.5 Å².